The number of carbonyl (C=O) groups is 3. The number of aryl methyl sites for hydroxylation is 1. The maximum Gasteiger partial charge on any atom is 0.335 e. The van der Waals surface area contributed by atoms with Gasteiger partial charge in [-0.15, -0.1) is 0 Å². The van der Waals surface area contributed by atoms with Gasteiger partial charge in [-0.25, -0.2) is 9.69 Å². The number of halogens is 1. The molecule has 1 aliphatic rings. The van der Waals surface area contributed by atoms with E-state index in [-0.39, 0.29) is 5.57 Å². The van der Waals surface area contributed by atoms with Crippen molar-refractivity contribution in [1.29, 1.82) is 0 Å². The summed E-state index contributed by atoms with van der Waals surface area (Å²) in [6.07, 6.45) is 1.45. The summed E-state index contributed by atoms with van der Waals surface area (Å²) in [5.74, 6) is 0.0921. The van der Waals surface area contributed by atoms with E-state index in [4.69, 9.17) is 14.2 Å². The molecule has 1 saturated heterocycles. The van der Waals surface area contributed by atoms with E-state index in [0.29, 0.717) is 48.3 Å². The van der Waals surface area contributed by atoms with E-state index in [2.05, 4.69) is 46.1 Å². The highest BCUT2D eigenvalue weighted by Gasteiger charge is 2.37. The van der Waals surface area contributed by atoms with Crippen LogP contribution in [-0.4, -0.2) is 24.5 Å². The van der Waals surface area contributed by atoms with Crippen LogP contribution < -0.4 is 24.4 Å². The molecule has 5 aromatic rings. The normalized spacial score (nSPS) is 14.0. The molecule has 1 N–H and O–H groups in total. The Bertz CT molecular complexity index is 2000. The van der Waals surface area contributed by atoms with Gasteiger partial charge in [0.05, 0.1) is 15.9 Å². The summed E-state index contributed by atoms with van der Waals surface area (Å²) in [6.45, 7) is 4.97. The monoisotopic (exact) mass is 738 g/mol. The maximum absolute atomic E-state index is 13.6. The highest BCUT2D eigenvalue weighted by Crippen LogP contribution is 2.36. The van der Waals surface area contributed by atoms with Gasteiger partial charge in [0, 0.05) is 0 Å². The molecular weight excluding hydrogens is 707 g/mol. The Labute approximate surface area is 286 Å². The first kappa shape index (κ1) is 31.8. The number of nitrogens with zero attached hydrogens (tertiary/aromatic N) is 1. The Hall–Kier alpha value is -5.16. The number of hydrogen-bond acceptors (Lipinski definition) is 6. The molecule has 0 spiro atoms. The van der Waals surface area contributed by atoms with Gasteiger partial charge in [0.15, 0.2) is 11.5 Å². The van der Waals surface area contributed by atoms with Crippen molar-refractivity contribution < 1.29 is 28.6 Å². The van der Waals surface area contributed by atoms with Crippen molar-refractivity contribution in [3.8, 4) is 17.2 Å². The fraction of sp³-hybridized carbons (Fsp3) is 0.132. The average Bonchev–Trinajstić information content (AvgIpc) is 3.07. The van der Waals surface area contributed by atoms with Crippen LogP contribution in [0.15, 0.2) is 109 Å². The lowest BCUT2D eigenvalue weighted by molar-refractivity contribution is -0.122. The molecule has 0 bridgehead atoms. The van der Waals surface area contributed by atoms with Gasteiger partial charge in [-0.2, -0.15) is 0 Å². The number of hydrogen-bond donors (Lipinski definition) is 1. The number of urea groups is 1. The van der Waals surface area contributed by atoms with Crippen LogP contribution in [0.25, 0.3) is 16.8 Å². The number of imide groups is 2. The van der Waals surface area contributed by atoms with Gasteiger partial charge in [-0.05, 0) is 106 Å². The van der Waals surface area contributed by atoms with E-state index < -0.39 is 17.8 Å². The molecule has 9 heteroatoms. The van der Waals surface area contributed by atoms with Crippen molar-refractivity contribution in [2.75, 3.05) is 11.5 Å². The molecule has 0 saturated carbocycles. The fourth-order valence-corrected chi connectivity index (χ4v) is 6.02. The predicted molar refractivity (Wildman–Crippen MR) is 190 cm³/mol. The summed E-state index contributed by atoms with van der Waals surface area (Å²) in [7, 11) is 0. The Morgan fingerprint density at radius 3 is 2.32 bits per heavy atom. The molecule has 0 unspecified atom stereocenters. The zero-order chi connectivity index (χ0) is 32.9. The number of ether oxygens (including phenoxy) is 3. The minimum Gasteiger partial charge on any atom is -0.490 e. The molecule has 236 valence electrons. The molecule has 1 aliphatic heterocycles. The van der Waals surface area contributed by atoms with Crippen LogP contribution in [0.1, 0.15) is 29.2 Å². The number of benzene rings is 5. The summed E-state index contributed by atoms with van der Waals surface area (Å²) in [4.78, 5) is 40.2. The van der Waals surface area contributed by atoms with Gasteiger partial charge in [0.25, 0.3) is 11.8 Å². The highest BCUT2D eigenvalue weighted by molar-refractivity contribution is 14.1. The lowest BCUT2D eigenvalue weighted by Gasteiger charge is -2.26. The van der Waals surface area contributed by atoms with Gasteiger partial charge in [-0.1, -0.05) is 72.3 Å². The quantitative estimate of drug-likeness (QED) is 0.0888. The lowest BCUT2D eigenvalue weighted by Crippen LogP contribution is -2.54. The van der Waals surface area contributed by atoms with E-state index in [1.165, 1.54) is 6.08 Å². The van der Waals surface area contributed by atoms with Crippen molar-refractivity contribution in [3.05, 3.63) is 135 Å². The van der Waals surface area contributed by atoms with Crippen molar-refractivity contribution in [2.24, 2.45) is 0 Å². The summed E-state index contributed by atoms with van der Waals surface area (Å²) >= 11 is 2.15. The van der Waals surface area contributed by atoms with E-state index in [1.54, 1.807) is 36.4 Å². The van der Waals surface area contributed by atoms with Crippen molar-refractivity contribution >= 4 is 63.0 Å². The first-order valence-corrected chi connectivity index (χ1v) is 16.1. The van der Waals surface area contributed by atoms with Gasteiger partial charge in [0.1, 0.15) is 24.5 Å². The fourth-order valence-electron chi connectivity index (χ4n) is 5.24. The minimum atomic E-state index is -0.827. The number of nitrogens with one attached hydrogen (secondary N) is 1. The average molecular weight is 739 g/mol. The van der Waals surface area contributed by atoms with Crippen molar-refractivity contribution in [2.45, 2.75) is 27.1 Å². The predicted octanol–water partition coefficient (Wildman–Crippen LogP) is 7.98. The molecule has 0 radical (unpaired) electrons. The summed E-state index contributed by atoms with van der Waals surface area (Å²) in [5, 5.41) is 4.51. The van der Waals surface area contributed by atoms with Crippen molar-refractivity contribution in [1.82, 2.24) is 5.32 Å². The van der Waals surface area contributed by atoms with E-state index >= 15 is 0 Å². The number of amides is 4. The Kier molecular flexibility index (Phi) is 9.53. The number of anilines is 1. The SMILES string of the molecule is CCOc1cc(/C=C2\C(=O)NC(=O)N(c3ccc(OCc4ccc(C)cc4)cc3)C2=O)cc(I)c1OCc1cccc2ccccc12. The van der Waals surface area contributed by atoms with Gasteiger partial charge in [0.2, 0.25) is 0 Å². The van der Waals surface area contributed by atoms with E-state index in [1.807, 2.05) is 62.4 Å². The van der Waals surface area contributed by atoms with Crippen LogP contribution in [0.5, 0.6) is 17.2 Å². The summed E-state index contributed by atoms with van der Waals surface area (Å²) in [5.41, 5.74) is 3.88. The van der Waals surface area contributed by atoms with Crippen LogP contribution in [0.3, 0.4) is 0 Å². The first-order chi connectivity index (χ1) is 22.8. The Morgan fingerprint density at radius 1 is 0.809 bits per heavy atom. The third-order valence-electron chi connectivity index (χ3n) is 7.62. The standard InChI is InChI=1S/C38H31IN2O6/c1-3-45-34-21-26(20-33(39)35(34)47-23-28-9-6-8-27-7-4-5-10-31(27)28)19-32-36(42)40-38(44)41(37(32)43)29-15-17-30(18-16-29)46-22-25-13-11-24(2)12-14-25/h4-21H,3,22-23H2,1-2H3,(H,40,42,44)/b32-19+. The molecule has 0 aromatic heterocycles. The van der Waals surface area contributed by atoms with Crippen LogP contribution in [0.2, 0.25) is 0 Å². The third-order valence-corrected chi connectivity index (χ3v) is 8.42. The first-order valence-electron chi connectivity index (χ1n) is 15.1. The number of rotatable bonds is 10. The maximum atomic E-state index is 13.6. The van der Waals surface area contributed by atoms with E-state index in [9.17, 15) is 14.4 Å². The molecule has 0 aliphatic carbocycles. The molecule has 4 amide bonds. The molecule has 1 heterocycles. The highest BCUT2D eigenvalue weighted by atomic mass is 127. The third kappa shape index (κ3) is 7.15. The Morgan fingerprint density at radius 2 is 1.55 bits per heavy atom. The second-order valence-electron chi connectivity index (χ2n) is 10.9. The number of barbiturate groups is 1. The molecule has 8 nitrogen and oxygen atoms in total. The largest absolute Gasteiger partial charge is 0.490 e. The molecular formula is C38H31IN2O6. The van der Waals surface area contributed by atoms with Crippen LogP contribution in [0, 0.1) is 10.5 Å². The van der Waals surface area contributed by atoms with Gasteiger partial charge >= 0.3 is 6.03 Å². The summed E-state index contributed by atoms with van der Waals surface area (Å²) in [6, 6.07) is 31.5. The summed E-state index contributed by atoms with van der Waals surface area (Å²) < 4.78 is 18.8. The van der Waals surface area contributed by atoms with Gasteiger partial charge in [-0.3, -0.25) is 14.9 Å². The topological polar surface area (TPSA) is 94.2 Å². The lowest BCUT2D eigenvalue weighted by atomic mass is 10.1. The van der Waals surface area contributed by atoms with Crippen LogP contribution in [0.4, 0.5) is 10.5 Å². The zero-order valence-electron chi connectivity index (χ0n) is 25.8. The Balaban J connectivity index is 1.22. The number of fused-ring (bicyclic) bond motifs is 1. The number of carbonyl (C=O) groups excluding carboxylic acids is 3. The second-order valence-corrected chi connectivity index (χ2v) is 12.1. The smallest absolute Gasteiger partial charge is 0.335 e. The molecule has 0 atom stereocenters. The van der Waals surface area contributed by atoms with Crippen LogP contribution in [-0.2, 0) is 22.8 Å². The molecule has 1 fully saturated rings. The van der Waals surface area contributed by atoms with Crippen molar-refractivity contribution in [3.63, 3.8) is 0 Å². The van der Waals surface area contributed by atoms with E-state index in [0.717, 1.165) is 35.9 Å². The second kappa shape index (κ2) is 14.1. The molecule has 47 heavy (non-hydrogen) atoms. The zero-order valence-corrected chi connectivity index (χ0v) is 27.9. The van der Waals surface area contributed by atoms with Crippen LogP contribution >= 0.6 is 22.6 Å². The molecule has 6 rings (SSSR count). The minimum absolute atomic E-state index is 0.188. The molecule has 5 aromatic carbocycles. The van der Waals surface area contributed by atoms with Gasteiger partial charge < -0.3 is 14.2 Å².